The number of rotatable bonds is 2. The summed E-state index contributed by atoms with van der Waals surface area (Å²) in [5, 5.41) is 1.64. The van der Waals surface area contributed by atoms with Gasteiger partial charge in [0.25, 0.3) is 0 Å². The van der Waals surface area contributed by atoms with Crippen LogP contribution < -0.4 is 5.30 Å². The third kappa shape index (κ3) is 2.47. The summed E-state index contributed by atoms with van der Waals surface area (Å²) < 4.78 is 0. The summed E-state index contributed by atoms with van der Waals surface area (Å²) in [6, 6.07) is 20.4. The van der Waals surface area contributed by atoms with Crippen molar-refractivity contribution in [2.24, 2.45) is 0 Å². The lowest BCUT2D eigenvalue weighted by molar-refractivity contribution is 1.34. The van der Waals surface area contributed by atoms with Crippen LogP contribution in [0.25, 0.3) is 22.4 Å². The van der Waals surface area contributed by atoms with Gasteiger partial charge in [0.2, 0.25) is 0 Å². The number of nitrogens with zero attached hydrogens (tertiary/aromatic N) is 1. The third-order valence-corrected chi connectivity index (χ3v) is 4.26. The molecule has 0 bridgehead atoms. The molecule has 3 aromatic rings. The molecule has 98 valence electrons. The van der Waals surface area contributed by atoms with Crippen LogP contribution in [0.5, 0.6) is 0 Å². The molecule has 1 aromatic heterocycles. The van der Waals surface area contributed by atoms with E-state index in [2.05, 4.69) is 38.5 Å². The summed E-state index contributed by atoms with van der Waals surface area (Å²) in [6.07, 6.45) is 1.71. The fourth-order valence-electron chi connectivity index (χ4n) is 2.21. The van der Waals surface area contributed by atoms with Crippen molar-refractivity contribution in [3.8, 4) is 22.4 Å². The summed E-state index contributed by atoms with van der Waals surface area (Å²) in [6.45, 7) is 0. The fourth-order valence-corrected chi connectivity index (χ4v) is 2.74. The maximum absolute atomic E-state index is 6.24. The molecule has 3 rings (SSSR count). The van der Waals surface area contributed by atoms with Gasteiger partial charge in [-0.1, -0.05) is 72.3 Å². The normalized spacial score (nSPS) is 10.5. The SMILES string of the molecule is Pc1c(Cl)cnc(-c2ccccc2)c1-c1ccccc1. The molecule has 0 N–H and O–H groups in total. The number of hydrogen-bond acceptors (Lipinski definition) is 1. The second-order valence-electron chi connectivity index (χ2n) is 4.48. The monoisotopic (exact) mass is 297 g/mol. The van der Waals surface area contributed by atoms with E-state index in [0.717, 1.165) is 27.7 Å². The van der Waals surface area contributed by atoms with Crippen molar-refractivity contribution in [3.05, 3.63) is 71.9 Å². The van der Waals surface area contributed by atoms with Gasteiger partial charge in [-0.2, -0.15) is 0 Å². The van der Waals surface area contributed by atoms with Gasteiger partial charge in [-0.25, -0.2) is 0 Å². The molecule has 0 aliphatic carbocycles. The standard InChI is InChI=1S/C17H13ClNP/c18-14-11-19-16(13-9-5-2-6-10-13)15(17(14)20)12-7-3-1-4-8-12/h1-11H,20H2. The summed E-state index contributed by atoms with van der Waals surface area (Å²) >= 11 is 6.24. The predicted molar refractivity (Wildman–Crippen MR) is 89.5 cm³/mol. The highest BCUT2D eigenvalue weighted by Gasteiger charge is 2.14. The Morgan fingerprint density at radius 3 is 1.95 bits per heavy atom. The minimum atomic E-state index is 0.661. The molecule has 0 aliphatic rings. The highest BCUT2D eigenvalue weighted by molar-refractivity contribution is 7.28. The highest BCUT2D eigenvalue weighted by Crippen LogP contribution is 2.31. The maximum Gasteiger partial charge on any atom is 0.0787 e. The van der Waals surface area contributed by atoms with E-state index < -0.39 is 0 Å². The molecule has 1 nitrogen and oxygen atoms in total. The Kier molecular flexibility index (Phi) is 3.82. The van der Waals surface area contributed by atoms with Gasteiger partial charge in [-0.05, 0) is 10.9 Å². The van der Waals surface area contributed by atoms with Gasteiger partial charge in [0, 0.05) is 17.3 Å². The van der Waals surface area contributed by atoms with Crippen LogP contribution in [0.4, 0.5) is 0 Å². The lowest BCUT2D eigenvalue weighted by atomic mass is 9.99. The topological polar surface area (TPSA) is 12.9 Å². The number of halogens is 1. The second-order valence-corrected chi connectivity index (χ2v) is 5.46. The number of aromatic nitrogens is 1. The predicted octanol–water partition coefficient (Wildman–Crippen LogP) is 4.57. The Bertz CT molecular complexity index is 727. The summed E-state index contributed by atoms with van der Waals surface area (Å²) in [5.41, 5.74) is 4.22. The molecule has 20 heavy (non-hydrogen) atoms. The van der Waals surface area contributed by atoms with Gasteiger partial charge in [0.05, 0.1) is 10.7 Å². The van der Waals surface area contributed by atoms with E-state index in [1.807, 2.05) is 36.4 Å². The van der Waals surface area contributed by atoms with E-state index in [-0.39, 0.29) is 0 Å². The molecule has 0 spiro atoms. The minimum absolute atomic E-state index is 0.661. The minimum Gasteiger partial charge on any atom is -0.254 e. The van der Waals surface area contributed by atoms with Crippen LogP contribution in [-0.4, -0.2) is 4.98 Å². The van der Waals surface area contributed by atoms with Crippen molar-refractivity contribution in [1.29, 1.82) is 0 Å². The van der Waals surface area contributed by atoms with Crippen LogP contribution in [-0.2, 0) is 0 Å². The van der Waals surface area contributed by atoms with E-state index in [1.54, 1.807) is 6.20 Å². The molecule has 1 unspecified atom stereocenters. The second kappa shape index (κ2) is 5.75. The average molecular weight is 298 g/mol. The first kappa shape index (κ1) is 13.3. The molecule has 0 amide bonds. The van der Waals surface area contributed by atoms with Crippen molar-refractivity contribution < 1.29 is 0 Å². The summed E-state index contributed by atoms with van der Waals surface area (Å²) in [7, 11) is 2.73. The molecular formula is C17H13ClNP. The Hall–Kier alpha value is -1.69. The van der Waals surface area contributed by atoms with E-state index in [1.165, 1.54) is 0 Å². The van der Waals surface area contributed by atoms with E-state index in [9.17, 15) is 0 Å². The maximum atomic E-state index is 6.24. The van der Waals surface area contributed by atoms with Gasteiger partial charge in [-0.3, -0.25) is 4.98 Å². The van der Waals surface area contributed by atoms with Gasteiger partial charge >= 0.3 is 0 Å². The van der Waals surface area contributed by atoms with Crippen molar-refractivity contribution in [2.75, 3.05) is 0 Å². The van der Waals surface area contributed by atoms with Crippen molar-refractivity contribution in [1.82, 2.24) is 4.98 Å². The first-order chi connectivity index (χ1) is 9.77. The summed E-state index contributed by atoms with van der Waals surface area (Å²) in [5.74, 6) is 0. The zero-order valence-electron chi connectivity index (χ0n) is 10.8. The smallest absolute Gasteiger partial charge is 0.0787 e. The number of pyridine rings is 1. The molecule has 0 fully saturated rings. The van der Waals surface area contributed by atoms with Crippen LogP contribution in [0.2, 0.25) is 5.02 Å². The fraction of sp³-hybridized carbons (Fsp3) is 0. The Labute approximate surface area is 125 Å². The Balaban J connectivity index is 2.29. The Morgan fingerprint density at radius 2 is 1.35 bits per heavy atom. The zero-order chi connectivity index (χ0) is 13.9. The quantitative estimate of drug-likeness (QED) is 0.631. The molecule has 1 heterocycles. The lowest BCUT2D eigenvalue weighted by Gasteiger charge is -2.13. The molecule has 0 saturated carbocycles. The van der Waals surface area contributed by atoms with E-state index in [0.29, 0.717) is 5.02 Å². The van der Waals surface area contributed by atoms with Crippen molar-refractivity contribution in [3.63, 3.8) is 0 Å². The third-order valence-electron chi connectivity index (χ3n) is 3.18. The van der Waals surface area contributed by atoms with Gasteiger partial charge in [0.1, 0.15) is 0 Å². The van der Waals surface area contributed by atoms with E-state index >= 15 is 0 Å². The first-order valence-corrected chi connectivity index (χ1v) is 7.27. The number of benzene rings is 2. The number of hydrogen-bond donors (Lipinski definition) is 0. The largest absolute Gasteiger partial charge is 0.254 e. The molecule has 0 saturated heterocycles. The van der Waals surface area contributed by atoms with Crippen LogP contribution in [0.1, 0.15) is 0 Å². The van der Waals surface area contributed by atoms with Crippen LogP contribution >= 0.6 is 20.8 Å². The van der Waals surface area contributed by atoms with E-state index in [4.69, 9.17) is 11.6 Å². The molecule has 1 atom stereocenters. The van der Waals surface area contributed by atoms with Crippen molar-refractivity contribution >= 4 is 26.1 Å². The Morgan fingerprint density at radius 1 is 0.800 bits per heavy atom. The van der Waals surface area contributed by atoms with Gasteiger partial charge in [-0.15, -0.1) is 9.24 Å². The van der Waals surface area contributed by atoms with Gasteiger partial charge < -0.3 is 0 Å². The van der Waals surface area contributed by atoms with Gasteiger partial charge in [0.15, 0.2) is 0 Å². The van der Waals surface area contributed by atoms with Crippen LogP contribution in [0.15, 0.2) is 66.9 Å². The molecule has 3 heteroatoms. The molecule has 2 aromatic carbocycles. The average Bonchev–Trinajstić information content (AvgIpc) is 2.51. The summed E-state index contributed by atoms with van der Waals surface area (Å²) in [4.78, 5) is 4.54. The van der Waals surface area contributed by atoms with Crippen LogP contribution in [0, 0.1) is 0 Å². The zero-order valence-corrected chi connectivity index (χ0v) is 12.7. The molecule has 0 radical (unpaired) electrons. The highest BCUT2D eigenvalue weighted by atomic mass is 35.5. The van der Waals surface area contributed by atoms with Crippen LogP contribution in [0.3, 0.4) is 0 Å². The van der Waals surface area contributed by atoms with Crippen molar-refractivity contribution in [2.45, 2.75) is 0 Å². The molecular weight excluding hydrogens is 285 g/mol. The molecule has 0 aliphatic heterocycles. The lowest BCUT2D eigenvalue weighted by Crippen LogP contribution is -2.04. The first-order valence-electron chi connectivity index (χ1n) is 6.32.